The molecule has 92 valence electrons. The minimum Gasteiger partial charge on any atom is -0.498 e. The van der Waals surface area contributed by atoms with E-state index in [1.165, 1.54) is 5.56 Å². The van der Waals surface area contributed by atoms with Crippen molar-refractivity contribution in [3.05, 3.63) is 48.2 Å². The molecule has 1 heterocycles. The lowest BCUT2D eigenvalue weighted by Crippen LogP contribution is -2.34. The Labute approximate surface area is 103 Å². The van der Waals surface area contributed by atoms with Crippen LogP contribution in [0.3, 0.4) is 0 Å². The summed E-state index contributed by atoms with van der Waals surface area (Å²) in [6, 6.07) is 10.3. The summed E-state index contributed by atoms with van der Waals surface area (Å²) in [7, 11) is 0. The Morgan fingerprint density at radius 2 is 2.00 bits per heavy atom. The molecule has 3 atom stereocenters. The highest BCUT2D eigenvalue weighted by molar-refractivity contribution is 5.13. The van der Waals surface area contributed by atoms with Crippen LogP contribution in [0.4, 0.5) is 0 Å². The van der Waals surface area contributed by atoms with Crippen LogP contribution in [0, 0.1) is 5.92 Å². The lowest BCUT2D eigenvalue weighted by Gasteiger charge is -2.31. The van der Waals surface area contributed by atoms with Crippen LogP contribution in [-0.4, -0.2) is 12.2 Å². The Bertz CT molecular complexity index is 358. The molecular weight excluding hydrogens is 212 g/mol. The highest BCUT2D eigenvalue weighted by atomic mass is 16.5. The van der Waals surface area contributed by atoms with Gasteiger partial charge in [-0.25, -0.2) is 0 Å². The van der Waals surface area contributed by atoms with Crippen molar-refractivity contribution in [1.29, 1.82) is 0 Å². The monoisotopic (exact) mass is 232 g/mol. The van der Waals surface area contributed by atoms with Crippen LogP contribution in [0.5, 0.6) is 0 Å². The SMILES string of the molecule is CC[C@H]1OC=C[C@@H](OCc2ccccc2)[C@H]1C. The number of rotatable bonds is 4. The fraction of sp³-hybridized carbons (Fsp3) is 0.467. The molecule has 1 aromatic carbocycles. The van der Waals surface area contributed by atoms with Gasteiger partial charge in [0.15, 0.2) is 0 Å². The summed E-state index contributed by atoms with van der Waals surface area (Å²) in [5, 5.41) is 0. The van der Waals surface area contributed by atoms with Crippen molar-refractivity contribution >= 4 is 0 Å². The Balaban J connectivity index is 1.91. The number of hydrogen-bond donors (Lipinski definition) is 0. The van der Waals surface area contributed by atoms with Gasteiger partial charge in [0.05, 0.1) is 19.0 Å². The van der Waals surface area contributed by atoms with E-state index in [4.69, 9.17) is 9.47 Å². The molecule has 0 amide bonds. The van der Waals surface area contributed by atoms with E-state index >= 15 is 0 Å². The van der Waals surface area contributed by atoms with Crippen LogP contribution >= 0.6 is 0 Å². The summed E-state index contributed by atoms with van der Waals surface area (Å²) in [5.74, 6) is 0.411. The van der Waals surface area contributed by atoms with Gasteiger partial charge in [-0.3, -0.25) is 0 Å². The molecule has 0 fully saturated rings. The van der Waals surface area contributed by atoms with Crippen LogP contribution in [0.2, 0.25) is 0 Å². The predicted octanol–water partition coefficient (Wildman–Crippen LogP) is 3.53. The maximum absolute atomic E-state index is 5.95. The third kappa shape index (κ3) is 3.10. The molecule has 2 rings (SSSR count). The molecule has 0 radical (unpaired) electrons. The first-order valence-corrected chi connectivity index (χ1v) is 6.29. The number of benzene rings is 1. The van der Waals surface area contributed by atoms with Gasteiger partial charge in [0.25, 0.3) is 0 Å². The van der Waals surface area contributed by atoms with Crippen molar-refractivity contribution in [2.45, 2.75) is 39.1 Å². The lowest BCUT2D eigenvalue weighted by atomic mass is 9.94. The van der Waals surface area contributed by atoms with Gasteiger partial charge in [-0.1, -0.05) is 44.2 Å². The number of ether oxygens (including phenoxy) is 2. The molecule has 2 nitrogen and oxygen atoms in total. The Kier molecular flexibility index (Phi) is 4.21. The van der Waals surface area contributed by atoms with E-state index in [1.54, 1.807) is 6.26 Å². The van der Waals surface area contributed by atoms with E-state index in [0.29, 0.717) is 12.5 Å². The van der Waals surface area contributed by atoms with E-state index in [1.807, 2.05) is 24.3 Å². The van der Waals surface area contributed by atoms with Crippen LogP contribution in [0.25, 0.3) is 0 Å². The topological polar surface area (TPSA) is 18.5 Å². The van der Waals surface area contributed by atoms with Crippen molar-refractivity contribution in [3.8, 4) is 0 Å². The quantitative estimate of drug-likeness (QED) is 0.790. The average Bonchev–Trinajstić information content (AvgIpc) is 2.39. The fourth-order valence-corrected chi connectivity index (χ4v) is 2.18. The molecule has 0 saturated heterocycles. The van der Waals surface area contributed by atoms with Crippen molar-refractivity contribution in [3.63, 3.8) is 0 Å². The first kappa shape index (κ1) is 12.2. The van der Waals surface area contributed by atoms with Gasteiger partial charge in [0.1, 0.15) is 6.10 Å². The molecule has 2 heteroatoms. The molecule has 1 aromatic rings. The largest absolute Gasteiger partial charge is 0.498 e. The minimum absolute atomic E-state index is 0.161. The van der Waals surface area contributed by atoms with E-state index in [9.17, 15) is 0 Å². The van der Waals surface area contributed by atoms with Crippen LogP contribution in [-0.2, 0) is 16.1 Å². The van der Waals surface area contributed by atoms with E-state index in [2.05, 4.69) is 26.0 Å². The normalized spacial score (nSPS) is 27.8. The van der Waals surface area contributed by atoms with Gasteiger partial charge in [0, 0.05) is 5.92 Å². The summed E-state index contributed by atoms with van der Waals surface area (Å²) in [6.07, 6.45) is 5.26. The van der Waals surface area contributed by atoms with E-state index < -0.39 is 0 Å². The van der Waals surface area contributed by atoms with Crippen molar-refractivity contribution in [2.24, 2.45) is 5.92 Å². The van der Waals surface area contributed by atoms with Gasteiger partial charge in [-0.15, -0.1) is 0 Å². The Morgan fingerprint density at radius 3 is 2.71 bits per heavy atom. The molecule has 1 aliphatic heterocycles. The second-order valence-electron chi connectivity index (χ2n) is 4.53. The highest BCUT2D eigenvalue weighted by Gasteiger charge is 2.27. The molecule has 0 saturated carbocycles. The van der Waals surface area contributed by atoms with Gasteiger partial charge in [0.2, 0.25) is 0 Å². The molecule has 17 heavy (non-hydrogen) atoms. The van der Waals surface area contributed by atoms with E-state index in [0.717, 1.165) is 6.42 Å². The van der Waals surface area contributed by atoms with Crippen molar-refractivity contribution in [2.75, 3.05) is 0 Å². The van der Waals surface area contributed by atoms with Crippen LogP contribution in [0.15, 0.2) is 42.7 Å². The third-order valence-electron chi connectivity index (χ3n) is 3.31. The Morgan fingerprint density at radius 1 is 1.24 bits per heavy atom. The molecule has 1 aliphatic rings. The molecule has 0 unspecified atom stereocenters. The summed E-state index contributed by atoms with van der Waals surface area (Å²) in [4.78, 5) is 0. The smallest absolute Gasteiger partial charge is 0.103 e. The molecular formula is C15H20O2. The average molecular weight is 232 g/mol. The zero-order valence-corrected chi connectivity index (χ0v) is 10.5. The van der Waals surface area contributed by atoms with Crippen molar-refractivity contribution < 1.29 is 9.47 Å². The first-order chi connectivity index (χ1) is 8.31. The maximum atomic E-state index is 5.95. The van der Waals surface area contributed by atoms with Gasteiger partial charge >= 0.3 is 0 Å². The Hall–Kier alpha value is -1.28. The van der Waals surface area contributed by atoms with Crippen LogP contribution in [0.1, 0.15) is 25.8 Å². The lowest BCUT2D eigenvalue weighted by molar-refractivity contribution is -0.0364. The van der Waals surface area contributed by atoms with E-state index in [-0.39, 0.29) is 12.2 Å². The molecule has 0 N–H and O–H groups in total. The van der Waals surface area contributed by atoms with Gasteiger partial charge in [-0.2, -0.15) is 0 Å². The van der Waals surface area contributed by atoms with Crippen molar-refractivity contribution in [1.82, 2.24) is 0 Å². The standard InChI is InChI=1S/C15H20O2/c1-3-14-12(2)15(9-10-16-14)17-11-13-7-5-4-6-8-13/h4-10,12,14-15H,3,11H2,1-2H3/t12-,14+,15+/m0/s1. The predicted molar refractivity (Wildman–Crippen MR) is 68.5 cm³/mol. The molecule has 0 aromatic heterocycles. The molecule has 0 aliphatic carbocycles. The molecule has 0 bridgehead atoms. The third-order valence-corrected chi connectivity index (χ3v) is 3.31. The summed E-state index contributed by atoms with van der Waals surface area (Å²) in [6.45, 7) is 5.00. The summed E-state index contributed by atoms with van der Waals surface area (Å²) in [5.41, 5.74) is 1.22. The maximum Gasteiger partial charge on any atom is 0.103 e. The second-order valence-corrected chi connectivity index (χ2v) is 4.53. The first-order valence-electron chi connectivity index (χ1n) is 6.29. The number of hydrogen-bond acceptors (Lipinski definition) is 2. The fourth-order valence-electron chi connectivity index (χ4n) is 2.18. The van der Waals surface area contributed by atoms with Gasteiger partial charge in [-0.05, 0) is 18.1 Å². The van der Waals surface area contributed by atoms with Crippen LogP contribution < -0.4 is 0 Å². The zero-order valence-electron chi connectivity index (χ0n) is 10.5. The van der Waals surface area contributed by atoms with Gasteiger partial charge < -0.3 is 9.47 Å². The highest BCUT2D eigenvalue weighted by Crippen LogP contribution is 2.24. The summed E-state index contributed by atoms with van der Waals surface area (Å²) >= 11 is 0. The zero-order chi connectivity index (χ0) is 12.1. The molecule has 0 spiro atoms. The summed E-state index contributed by atoms with van der Waals surface area (Å²) < 4.78 is 11.5. The second kappa shape index (κ2) is 5.87. The minimum atomic E-state index is 0.161.